The molecule has 4 nitrogen and oxygen atoms in total. The number of fused-ring (bicyclic) bond motifs is 2. The second kappa shape index (κ2) is 4.50. The van der Waals surface area contributed by atoms with Crippen LogP contribution in [-0.2, 0) is 9.47 Å². The smallest absolute Gasteiger partial charge is 0.0707 e. The van der Waals surface area contributed by atoms with E-state index >= 15 is 0 Å². The third-order valence-corrected chi connectivity index (χ3v) is 4.99. The zero-order valence-electron chi connectivity index (χ0n) is 10.7. The average molecular weight is 240 g/mol. The highest BCUT2D eigenvalue weighted by atomic mass is 16.5. The number of hydrogen-bond acceptors (Lipinski definition) is 4. The van der Waals surface area contributed by atoms with Gasteiger partial charge in [-0.25, -0.2) is 0 Å². The van der Waals surface area contributed by atoms with Crippen molar-refractivity contribution < 1.29 is 9.47 Å². The van der Waals surface area contributed by atoms with E-state index in [1.807, 2.05) is 0 Å². The Balaban J connectivity index is 1.75. The first-order valence-electron chi connectivity index (χ1n) is 6.90. The van der Waals surface area contributed by atoms with Gasteiger partial charge in [0, 0.05) is 37.7 Å². The Kier molecular flexibility index (Phi) is 3.15. The molecule has 3 rings (SSSR count). The highest BCUT2D eigenvalue weighted by Crippen LogP contribution is 2.36. The van der Waals surface area contributed by atoms with E-state index in [0.29, 0.717) is 18.1 Å². The van der Waals surface area contributed by atoms with Crippen LogP contribution in [0.5, 0.6) is 0 Å². The van der Waals surface area contributed by atoms with Gasteiger partial charge in [0.1, 0.15) is 0 Å². The minimum absolute atomic E-state index is 0.0983. The Morgan fingerprint density at radius 1 is 1.24 bits per heavy atom. The van der Waals surface area contributed by atoms with E-state index in [1.54, 1.807) is 0 Å². The SMILES string of the molecule is CC(CN)(C1CCOC1)N1CC2CCC(C1)O2. The number of hydrogen-bond donors (Lipinski definition) is 1. The molecule has 17 heavy (non-hydrogen) atoms. The van der Waals surface area contributed by atoms with Gasteiger partial charge < -0.3 is 15.2 Å². The van der Waals surface area contributed by atoms with Crippen molar-refractivity contribution >= 4 is 0 Å². The first-order chi connectivity index (χ1) is 8.22. The standard InChI is InChI=1S/C13H24N2O2/c1-13(9-14,10-4-5-16-8-10)15-6-11-2-3-12(7-15)17-11/h10-12H,2-9,14H2,1H3. The van der Waals surface area contributed by atoms with Crippen molar-refractivity contribution in [3.05, 3.63) is 0 Å². The lowest BCUT2D eigenvalue weighted by molar-refractivity contribution is -0.0870. The van der Waals surface area contributed by atoms with E-state index in [-0.39, 0.29) is 5.54 Å². The molecule has 2 N–H and O–H groups in total. The summed E-state index contributed by atoms with van der Waals surface area (Å²) in [6.07, 6.45) is 4.50. The maximum absolute atomic E-state index is 6.09. The minimum Gasteiger partial charge on any atom is -0.381 e. The van der Waals surface area contributed by atoms with Crippen molar-refractivity contribution in [2.75, 3.05) is 32.8 Å². The van der Waals surface area contributed by atoms with Crippen LogP contribution < -0.4 is 5.73 Å². The second-order valence-electron chi connectivity index (χ2n) is 5.98. The van der Waals surface area contributed by atoms with Gasteiger partial charge in [0.25, 0.3) is 0 Å². The zero-order chi connectivity index (χ0) is 11.9. The van der Waals surface area contributed by atoms with Crippen LogP contribution in [0, 0.1) is 5.92 Å². The molecule has 0 spiro atoms. The molecule has 0 radical (unpaired) electrons. The number of morpholine rings is 1. The van der Waals surface area contributed by atoms with Crippen LogP contribution in [-0.4, -0.2) is 55.5 Å². The Bertz CT molecular complexity index is 269. The van der Waals surface area contributed by atoms with Crippen LogP contribution in [0.2, 0.25) is 0 Å². The maximum Gasteiger partial charge on any atom is 0.0707 e. The lowest BCUT2D eigenvalue weighted by Gasteiger charge is -2.48. The van der Waals surface area contributed by atoms with Gasteiger partial charge in [-0.2, -0.15) is 0 Å². The van der Waals surface area contributed by atoms with Crippen molar-refractivity contribution in [3.63, 3.8) is 0 Å². The van der Waals surface area contributed by atoms with Crippen LogP contribution >= 0.6 is 0 Å². The highest BCUT2D eigenvalue weighted by Gasteiger charge is 2.45. The van der Waals surface area contributed by atoms with E-state index in [1.165, 1.54) is 12.8 Å². The van der Waals surface area contributed by atoms with Crippen molar-refractivity contribution in [2.24, 2.45) is 11.7 Å². The second-order valence-corrected chi connectivity index (χ2v) is 5.98. The van der Waals surface area contributed by atoms with Gasteiger partial charge in [-0.05, 0) is 26.2 Å². The number of nitrogens with two attached hydrogens (primary N) is 1. The third-order valence-electron chi connectivity index (χ3n) is 4.99. The van der Waals surface area contributed by atoms with Crippen LogP contribution in [0.4, 0.5) is 0 Å². The summed E-state index contributed by atoms with van der Waals surface area (Å²) >= 11 is 0. The van der Waals surface area contributed by atoms with E-state index < -0.39 is 0 Å². The molecule has 0 saturated carbocycles. The third kappa shape index (κ3) is 2.01. The summed E-state index contributed by atoms with van der Waals surface area (Å²) in [6.45, 7) is 6.93. The van der Waals surface area contributed by atoms with Gasteiger partial charge in [-0.1, -0.05) is 0 Å². The molecule has 3 saturated heterocycles. The molecular formula is C13H24N2O2. The summed E-state index contributed by atoms with van der Waals surface area (Å²) < 4.78 is 11.5. The molecule has 0 amide bonds. The molecule has 4 heteroatoms. The Morgan fingerprint density at radius 3 is 2.47 bits per heavy atom. The number of rotatable bonds is 3. The van der Waals surface area contributed by atoms with Gasteiger partial charge in [-0.15, -0.1) is 0 Å². The van der Waals surface area contributed by atoms with E-state index in [4.69, 9.17) is 15.2 Å². The van der Waals surface area contributed by atoms with Gasteiger partial charge in [0.05, 0.1) is 18.8 Å². The largest absolute Gasteiger partial charge is 0.381 e. The molecule has 3 aliphatic heterocycles. The van der Waals surface area contributed by atoms with Gasteiger partial charge in [0.2, 0.25) is 0 Å². The van der Waals surface area contributed by atoms with Crippen molar-refractivity contribution in [1.82, 2.24) is 4.90 Å². The lowest BCUT2D eigenvalue weighted by Crippen LogP contribution is -2.61. The molecule has 2 bridgehead atoms. The summed E-state index contributed by atoms with van der Waals surface area (Å²) in [4.78, 5) is 2.58. The summed E-state index contributed by atoms with van der Waals surface area (Å²) in [7, 11) is 0. The van der Waals surface area contributed by atoms with E-state index in [9.17, 15) is 0 Å². The summed E-state index contributed by atoms with van der Waals surface area (Å²) in [5.74, 6) is 0.588. The molecule has 0 aliphatic carbocycles. The number of ether oxygens (including phenoxy) is 2. The Morgan fingerprint density at radius 2 is 1.94 bits per heavy atom. The topological polar surface area (TPSA) is 47.7 Å². The van der Waals surface area contributed by atoms with Crippen molar-refractivity contribution in [1.29, 1.82) is 0 Å². The van der Waals surface area contributed by atoms with Crippen LogP contribution in [0.15, 0.2) is 0 Å². The summed E-state index contributed by atoms with van der Waals surface area (Å²) in [5.41, 5.74) is 6.19. The Labute approximate surface area is 103 Å². The zero-order valence-corrected chi connectivity index (χ0v) is 10.7. The molecule has 3 heterocycles. The fourth-order valence-electron chi connectivity index (χ4n) is 3.61. The molecule has 0 aromatic rings. The van der Waals surface area contributed by atoms with Gasteiger partial charge in [0.15, 0.2) is 0 Å². The fourth-order valence-corrected chi connectivity index (χ4v) is 3.61. The van der Waals surface area contributed by atoms with E-state index in [2.05, 4.69) is 11.8 Å². The average Bonchev–Trinajstić information content (AvgIpc) is 2.98. The first kappa shape index (κ1) is 11.9. The van der Waals surface area contributed by atoms with Gasteiger partial charge in [-0.3, -0.25) is 4.90 Å². The molecule has 98 valence electrons. The normalized spacial score (nSPS) is 41.6. The fraction of sp³-hybridized carbons (Fsp3) is 1.00. The highest BCUT2D eigenvalue weighted by molar-refractivity contribution is 4.99. The van der Waals surface area contributed by atoms with Crippen LogP contribution in [0.25, 0.3) is 0 Å². The lowest BCUT2D eigenvalue weighted by atomic mass is 9.82. The predicted octanol–water partition coefficient (Wildman–Crippen LogP) is 0.604. The number of likely N-dealkylation sites (tertiary alicyclic amines) is 1. The monoisotopic (exact) mass is 240 g/mol. The molecular weight excluding hydrogens is 216 g/mol. The summed E-state index contributed by atoms with van der Waals surface area (Å²) in [5, 5.41) is 0. The molecule has 4 unspecified atom stereocenters. The predicted molar refractivity (Wildman–Crippen MR) is 65.9 cm³/mol. The number of nitrogens with zero attached hydrogens (tertiary/aromatic N) is 1. The molecule has 4 atom stereocenters. The first-order valence-corrected chi connectivity index (χ1v) is 6.90. The van der Waals surface area contributed by atoms with Gasteiger partial charge >= 0.3 is 0 Å². The van der Waals surface area contributed by atoms with Crippen molar-refractivity contribution in [2.45, 2.75) is 43.9 Å². The maximum atomic E-state index is 6.09. The van der Waals surface area contributed by atoms with E-state index in [0.717, 1.165) is 39.3 Å². The Hall–Kier alpha value is -0.160. The molecule has 0 aromatic carbocycles. The summed E-state index contributed by atoms with van der Waals surface area (Å²) in [6, 6.07) is 0. The quantitative estimate of drug-likeness (QED) is 0.785. The minimum atomic E-state index is 0.0983. The van der Waals surface area contributed by atoms with Crippen LogP contribution in [0.3, 0.4) is 0 Å². The molecule has 0 aromatic heterocycles. The van der Waals surface area contributed by atoms with Crippen LogP contribution in [0.1, 0.15) is 26.2 Å². The van der Waals surface area contributed by atoms with Crippen molar-refractivity contribution in [3.8, 4) is 0 Å². The molecule has 3 fully saturated rings. The molecule has 3 aliphatic rings.